The van der Waals surface area contributed by atoms with E-state index in [2.05, 4.69) is 5.43 Å². The first-order valence-corrected chi connectivity index (χ1v) is 3.94. The van der Waals surface area contributed by atoms with Crippen LogP contribution in [0.5, 0.6) is 5.75 Å². The first-order valence-electron chi connectivity index (χ1n) is 3.94. The van der Waals surface area contributed by atoms with Crippen LogP contribution in [0, 0.1) is 10.1 Å². The number of ether oxygens (including phenoxy) is 1. The van der Waals surface area contributed by atoms with Gasteiger partial charge in [-0.2, -0.15) is 0 Å². The van der Waals surface area contributed by atoms with E-state index < -0.39 is 4.92 Å². The number of nitro groups is 1. The van der Waals surface area contributed by atoms with E-state index in [1.54, 1.807) is 12.1 Å². The summed E-state index contributed by atoms with van der Waals surface area (Å²) in [5.74, 6) is 5.35. The molecule has 0 radical (unpaired) electrons. The molecule has 0 aromatic heterocycles. The Morgan fingerprint density at radius 2 is 2.36 bits per heavy atom. The molecular weight excluding hydrogens is 186 g/mol. The molecule has 0 aliphatic heterocycles. The van der Waals surface area contributed by atoms with Gasteiger partial charge in [0.25, 0.3) is 0 Å². The predicted octanol–water partition coefficient (Wildman–Crippen LogP) is 0.567. The summed E-state index contributed by atoms with van der Waals surface area (Å²) in [5.41, 5.74) is 2.82. The van der Waals surface area contributed by atoms with Gasteiger partial charge in [0.2, 0.25) is 0 Å². The van der Waals surface area contributed by atoms with Crippen LogP contribution in [0.15, 0.2) is 18.2 Å². The van der Waals surface area contributed by atoms with Crippen molar-refractivity contribution >= 4 is 5.69 Å². The molecule has 14 heavy (non-hydrogen) atoms. The van der Waals surface area contributed by atoms with Crippen molar-refractivity contribution in [2.75, 3.05) is 7.11 Å². The molecule has 76 valence electrons. The number of benzene rings is 1. The molecule has 0 unspecified atom stereocenters. The minimum absolute atomic E-state index is 0.0482. The van der Waals surface area contributed by atoms with E-state index in [-0.39, 0.29) is 18.0 Å². The van der Waals surface area contributed by atoms with Crippen LogP contribution in [0.1, 0.15) is 5.56 Å². The van der Waals surface area contributed by atoms with Gasteiger partial charge in [-0.05, 0) is 6.07 Å². The van der Waals surface area contributed by atoms with Crippen LogP contribution >= 0.6 is 0 Å². The third-order valence-electron chi connectivity index (χ3n) is 1.78. The highest BCUT2D eigenvalue weighted by atomic mass is 16.6. The lowest BCUT2D eigenvalue weighted by Gasteiger charge is -2.05. The van der Waals surface area contributed by atoms with E-state index in [0.29, 0.717) is 5.56 Å². The zero-order chi connectivity index (χ0) is 10.6. The molecule has 0 heterocycles. The smallest absolute Gasteiger partial charge is 0.315 e. The second-order valence-electron chi connectivity index (χ2n) is 2.61. The summed E-state index contributed by atoms with van der Waals surface area (Å²) in [5, 5.41) is 10.7. The monoisotopic (exact) mass is 197 g/mol. The van der Waals surface area contributed by atoms with Gasteiger partial charge in [-0.1, -0.05) is 12.1 Å². The third-order valence-corrected chi connectivity index (χ3v) is 1.78. The van der Waals surface area contributed by atoms with Crippen LogP contribution < -0.4 is 16.0 Å². The molecule has 0 bridgehead atoms. The van der Waals surface area contributed by atoms with Crippen molar-refractivity contribution in [1.29, 1.82) is 0 Å². The zero-order valence-electron chi connectivity index (χ0n) is 7.69. The molecule has 3 N–H and O–H groups in total. The van der Waals surface area contributed by atoms with E-state index in [9.17, 15) is 10.1 Å². The molecule has 6 heteroatoms. The van der Waals surface area contributed by atoms with Gasteiger partial charge in [0.05, 0.1) is 12.0 Å². The number of hydrogen-bond acceptors (Lipinski definition) is 5. The minimum atomic E-state index is -0.481. The summed E-state index contributed by atoms with van der Waals surface area (Å²) in [7, 11) is 1.39. The second-order valence-corrected chi connectivity index (χ2v) is 2.61. The van der Waals surface area contributed by atoms with Gasteiger partial charge in [-0.25, -0.2) is 0 Å². The SMILES string of the molecule is COc1cccc(CNN)c1[N+](=O)[O-]. The summed E-state index contributed by atoms with van der Waals surface area (Å²) in [6.45, 7) is 0.230. The molecule has 0 spiro atoms. The largest absolute Gasteiger partial charge is 0.490 e. The Hall–Kier alpha value is -1.66. The van der Waals surface area contributed by atoms with Gasteiger partial charge in [-0.15, -0.1) is 0 Å². The number of rotatable bonds is 4. The van der Waals surface area contributed by atoms with Crippen molar-refractivity contribution < 1.29 is 9.66 Å². The first-order chi connectivity index (χ1) is 6.70. The lowest BCUT2D eigenvalue weighted by molar-refractivity contribution is -0.386. The van der Waals surface area contributed by atoms with E-state index >= 15 is 0 Å². The molecule has 1 aromatic rings. The van der Waals surface area contributed by atoms with E-state index in [4.69, 9.17) is 10.6 Å². The van der Waals surface area contributed by atoms with E-state index in [1.807, 2.05) is 0 Å². The minimum Gasteiger partial charge on any atom is -0.490 e. The molecule has 0 amide bonds. The van der Waals surface area contributed by atoms with Gasteiger partial charge in [0.1, 0.15) is 0 Å². The Kier molecular flexibility index (Phi) is 3.38. The number of nitro benzene ring substituents is 1. The number of para-hydroxylation sites is 1. The maximum absolute atomic E-state index is 10.7. The quantitative estimate of drug-likeness (QED) is 0.418. The van der Waals surface area contributed by atoms with Gasteiger partial charge < -0.3 is 4.74 Å². The zero-order valence-corrected chi connectivity index (χ0v) is 7.69. The number of nitrogens with two attached hydrogens (primary N) is 1. The molecule has 0 atom stereocenters. The van der Waals surface area contributed by atoms with Gasteiger partial charge >= 0.3 is 5.69 Å². The fourth-order valence-corrected chi connectivity index (χ4v) is 1.19. The molecular formula is C8H11N3O3. The molecule has 1 rings (SSSR count). The van der Waals surface area contributed by atoms with Crippen molar-refractivity contribution in [3.8, 4) is 5.75 Å². The van der Waals surface area contributed by atoms with Gasteiger partial charge in [-0.3, -0.25) is 21.4 Å². The lowest BCUT2D eigenvalue weighted by atomic mass is 10.1. The van der Waals surface area contributed by atoms with Crippen molar-refractivity contribution in [2.45, 2.75) is 6.54 Å². The van der Waals surface area contributed by atoms with Crippen molar-refractivity contribution in [2.24, 2.45) is 5.84 Å². The fraction of sp³-hybridized carbons (Fsp3) is 0.250. The molecule has 1 aromatic carbocycles. The third kappa shape index (κ3) is 1.98. The summed E-state index contributed by atoms with van der Waals surface area (Å²) >= 11 is 0. The molecule has 0 aliphatic carbocycles. The standard InChI is InChI=1S/C8H11N3O3/c1-14-7-4-2-3-6(5-10-9)8(7)11(12)13/h2-4,10H,5,9H2,1H3. The Labute approximate surface area is 80.8 Å². The first kappa shape index (κ1) is 10.4. The van der Waals surface area contributed by atoms with Gasteiger partial charge in [0, 0.05) is 12.1 Å². The van der Waals surface area contributed by atoms with E-state index in [1.165, 1.54) is 13.2 Å². The average molecular weight is 197 g/mol. The van der Waals surface area contributed by atoms with Crippen LogP contribution in [0.25, 0.3) is 0 Å². The molecule has 0 saturated heterocycles. The molecule has 6 nitrogen and oxygen atoms in total. The Balaban J connectivity index is 3.20. The van der Waals surface area contributed by atoms with Crippen LogP contribution in [0.2, 0.25) is 0 Å². The maximum Gasteiger partial charge on any atom is 0.315 e. The van der Waals surface area contributed by atoms with E-state index in [0.717, 1.165) is 0 Å². The Morgan fingerprint density at radius 3 is 2.86 bits per heavy atom. The normalized spacial score (nSPS) is 9.86. The highest BCUT2D eigenvalue weighted by molar-refractivity contribution is 5.52. The maximum atomic E-state index is 10.7. The van der Waals surface area contributed by atoms with Crippen molar-refractivity contribution in [1.82, 2.24) is 5.43 Å². The summed E-state index contributed by atoms with van der Waals surface area (Å²) in [6, 6.07) is 4.84. The van der Waals surface area contributed by atoms with Crippen molar-refractivity contribution in [3.63, 3.8) is 0 Å². The van der Waals surface area contributed by atoms with Crippen LogP contribution in [0.3, 0.4) is 0 Å². The highest BCUT2D eigenvalue weighted by Gasteiger charge is 2.19. The van der Waals surface area contributed by atoms with Crippen molar-refractivity contribution in [3.05, 3.63) is 33.9 Å². The van der Waals surface area contributed by atoms with Gasteiger partial charge in [0.15, 0.2) is 5.75 Å². The number of nitrogens with one attached hydrogen (secondary N) is 1. The summed E-state index contributed by atoms with van der Waals surface area (Å²) < 4.78 is 4.88. The molecule has 0 aliphatic rings. The van der Waals surface area contributed by atoms with Crippen LogP contribution in [-0.2, 0) is 6.54 Å². The number of hydrazine groups is 1. The fourth-order valence-electron chi connectivity index (χ4n) is 1.19. The Bertz CT molecular complexity index is 341. The lowest BCUT2D eigenvalue weighted by Crippen LogP contribution is -2.21. The molecule has 0 saturated carbocycles. The number of hydrogen-bond donors (Lipinski definition) is 2. The number of methoxy groups -OCH3 is 1. The second kappa shape index (κ2) is 4.54. The topological polar surface area (TPSA) is 90.4 Å². The van der Waals surface area contributed by atoms with Crippen LogP contribution in [0.4, 0.5) is 5.69 Å². The summed E-state index contributed by atoms with van der Waals surface area (Å²) in [4.78, 5) is 10.3. The number of nitrogens with zero attached hydrogens (tertiary/aromatic N) is 1. The Morgan fingerprint density at radius 1 is 1.64 bits per heavy atom. The summed E-state index contributed by atoms with van der Waals surface area (Å²) in [6.07, 6.45) is 0. The molecule has 0 fully saturated rings. The van der Waals surface area contributed by atoms with Crippen LogP contribution in [-0.4, -0.2) is 12.0 Å². The predicted molar refractivity (Wildman–Crippen MR) is 50.7 cm³/mol. The average Bonchev–Trinajstić information content (AvgIpc) is 2.17. The highest BCUT2D eigenvalue weighted by Crippen LogP contribution is 2.30.